The molecule has 0 aromatic carbocycles. The fourth-order valence-corrected chi connectivity index (χ4v) is 2.35. The van der Waals surface area contributed by atoms with E-state index in [1.165, 1.54) is 0 Å². The Kier molecular flexibility index (Phi) is 4.85. The highest BCUT2D eigenvalue weighted by Gasteiger charge is 2.05. The summed E-state index contributed by atoms with van der Waals surface area (Å²) in [7, 11) is 0. The summed E-state index contributed by atoms with van der Waals surface area (Å²) in [5.41, 5.74) is 0.972. The molecule has 6 heteroatoms. The molecule has 0 atom stereocenters. The van der Waals surface area contributed by atoms with Crippen molar-refractivity contribution in [2.24, 2.45) is 0 Å². The summed E-state index contributed by atoms with van der Waals surface area (Å²) in [5.74, 6) is 0.0578. The van der Waals surface area contributed by atoms with Gasteiger partial charge in [0.15, 0.2) is 0 Å². The molecule has 2 aromatic rings. The van der Waals surface area contributed by atoms with Crippen LogP contribution in [-0.2, 0) is 11.2 Å². The first kappa shape index (κ1) is 13.5. The van der Waals surface area contributed by atoms with Gasteiger partial charge in [0.1, 0.15) is 0 Å². The van der Waals surface area contributed by atoms with Gasteiger partial charge in [-0.15, -0.1) is 17.9 Å². The van der Waals surface area contributed by atoms with Gasteiger partial charge in [-0.3, -0.25) is 4.79 Å². The van der Waals surface area contributed by atoms with E-state index in [-0.39, 0.29) is 5.91 Å². The van der Waals surface area contributed by atoms with E-state index in [1.54, 1.807) is 28.3 Å². The minimum absolute atomic E-state index is 0.0578. The van der Waals surface area contributed by atoms with Crippen molar-refractivity contribution >= 4 is 17.2 Å². The standard InChI is InChI=1S/C13H16N4OS/c1-2-3-5-12(18)14-8-6-11-10-19-13(16-11)17-9-4-7-15-17/h2,4,7,9-10H,1,3,5-6,8H2,(H,14,18). The number of hydrogen-bond donors (Lipinski definition) is 1. The molecule has 1 N–H and O–H groups in total. The SMILES string of the molecule is C=CCCC(=O)NCCc1csc(-n2cccn2)n1. The Bertz CT molecular complexity index is 533. The Morgan fingerprint density at radius 3 is 3.21 bits per heavy atom. The van der Waals surface area contributed by atoms with Crippen LogP contribution in [0.4, 0.5) is 0 Å². The summed E-state index contributed by atoms with van der Waals surface area (Å²) in [4.78, 5) is 15.9. The molecule has 0 unspecified atom stereocenters. The predicted molar refractivity (Wildman–Crippen MR) is 75.4 cm³/mol. The average molecular weight is 276 g/mol. The summed E-state index contributed by atoms with van der Waals surface area (Å²) in [6.07, 6.45) is 7.28. The molecule has 19 heavy (non-hydrogen) atoms. The number of nitrogens with one attached hydrogen (secondary N) is 1. The van der Waals surface area contributed by atoms with E-state index in [1.807, 2.05) is 17.6 Å². The van der Waals surface area contributed by atoms with Crippen molar-refractivity contribution < 1.29 is 4.79 Å². The highest BCUT2D eigenvalue weighted by molar-refractivity contribution is 7.12. The van der Waals surface area contributed by atoms with E-state index in [0.29, 0.717) is 19.4 Å². The fourth-order valence-electron chi connectivity index (χ4n) is 1.55. The van der Waals surface area contributed by atoms with Gasteiger partial charge in [0.05, 0.1) is 5.69 Å². The fraction of sp³-hybridized carbons (Fsp3) is 0.308. The average Bonchev–Trinajstić information content (AvgIpc) is 3.06. The molecule has 0 fully saturated rings. The molecule has 0 aliphatic rings. The number of carbonyl (C=O) groups excluding carboxylic acids is 1. The van der Waals surface area contributed by atoms with Crippen LogP contribution < -0.4 is 5.32 Å². The Hall–Kier alpha value is -1.95. The first-order valence-corrected chi connectivity index (χ1v) is 6.99. The molecule has 0 bridgehead atoms. The van der Waals surface area contributed by atoms with Crippen LogP contribution in [-0.4, -0.2) is 27.2 Å². The van der Waals surface area contributed by atoms with Crippen molar-refractivity contribution in [2.75, 3.05) is 6.54 Å². The minimum atomic E-state index is 0.0578. The van der Waals surface area contributed by atoms with Crippen molar-refractivity contribution in [1.82, 2.24) is 20.1 Å². The zero-order valence-electron chi connectivity index (χ0n) is 10.6. The van der Waals surface area contributed by atoms with Crippen molar-refractivity contribution in [3.63, 3.8) is 0 Å². The number of amides is 1. The van der Waals surface area contributed by atoms with Gasteiger partial charge in [-0.1, -0.05) is 6.08 Å². The van der Waals surface area contributed by atoms with Crippen LogP contribution in [0.1, 0.15) is 18.5 Å². The molecular formula is C13H16N4OS. The topological polar surface area (TPSA) is 59.8 Å². The van der Waals surface area contributed by atoms with Gasteiger partial charge in [-0.2, -0.15) is 5.10 Å². The molecule has 0 spiro atoms. The Morgan fingerprint density at radius 1 is 1.58 bits per heavy atom. The van der Waals surface area contributed by atoms with E-state index in [4.69, 9.17) is 0 Å². The number of carbonyl (C=O) groups is 1. The van der Waals surface area contributed by atoms with Gasteiger partial charge in [0.25, 0.3) is 0 Å². The van der Waals surface area contributed by atoms with Crippen LogP contribution in [0.3, 0.4) is 0 Å². The summed E-state index contributed by atoms with van der Waals surface area (Å²) >= 11 is 1.54. The van der Waals surface area contributed by atoms with E-state index < -0.39 is 0 Å². The normalized spacial score (nSPS) is 10.3. The molecule has 0 saturated carbocycles. The lowest BCUT2D eigenvalue weighted by atomic mass is 10.3. The first-order chi connectivity index (χ1) is 9.29. The third-order valence-electron chi connectivity index (χ3n) is 2.52. The van der Waals surface area contributed by atoms with Gasteiger partial charge in [-0.05, 0) is 12.5 Å². The molecule has 2 heterocycles. The number of rotatable bonds is 7. The highest BCUT2D eigenvalue weighted by atomic mass is 32.1. The summed E-state index contributed by atoms with van der Waals surface area (Å²) < 4.78 is 1.73. The van der Waals surface area contributed by atoms with Crippen LogP contribution in [0, 0.1) is 0 Å². The number of nitrogens with zero attached hydrogens (tertiary/aromatic N) is 3. The second-order valence-corrected chi connectivity index (χ2v) is 4.84. The summed E-state index contributed by atoms with van der Waals surface area (Å²) in [5, 5.41) is 9.83. The lowest BCUT2D eigenvalue weighted by molar-refractivity contribution is -0.120. The highest BCUT2D eigenvalue weighted by Crippen LogP contribution is 2.13. The number of aromatic nitrogens is 3. The molecular weight excluding hydrogens is 260 g/mol. The number of thiazole rings is 1. The Labute approximate surface area is 116 Å². The smallest absolute Gasteiger partial charge is 0.220 e. The van der Waals surface area contributed by atoms with E-state index in [0.717, 1.165) is 17.2 Å². The van der Waals surface area contributed by atoms with Gasteiger partial charge >= 0.3 is 0 Å². The van der Waals surface area contributed by atoms with E-state index in [2.05, 4.69) is 22.0 Å². The van der Waals surface area contributed by atoms with Crippen LogP contribution >= 0.6 is 11.3 Å². The van der Waals surface area contributed by atoms with E-state index >= 15 is 0 Å². The second kappa shape index (κ2) is 6.84. The minimum Gasteiger partial charge on any atom is -0.356 e. The van der Waals surface area contributed by atoms with Crippen molar-refractivity contribution in [2.45, 2.75) is 19.3 Å². The Balaban J connectivity index is 1.78. The van der Waals surface area contributed by atoms with Crippen LogP contribution in [0.25, 0.3) is 5.13 Å². The largest absolute Gasteiger partial charge is 0.356 e. The zero-order valence-corrected chi connectivity index (χ0v) is 11.4. The van der Waals surface area contributed by atoms with Crippen molar-refractivity contribution in [3.05, 3.63) is 42.2 Å². The molecule has 0 radical (unpaired) electrons. The Morgan fingerprint density at radius 2 is 2.47 bits per heavy atom. The number of allylic oxidation sites excluding steroid dienone is 1. The predicted octanol–water partition coefficient (Wildman–Crippen LogP) is 1.95. The zero-order chi connectivity index (χ0) is 13.5. The molecule has 2 rings (SSSR count). The summed E-state index contributed by atoms with van der Waals surface area (Å²) in [6.45, 7) is 4.20. The number of hydrogen-bond acceptors (Lipinski definition) is 4. The maximum atomic E-state index is 11.4. The van der Waals surface area contributed by atoms with Gasteiger partial charge in [-0.25, -0.2) is 9.67 Å². The lowest BCUT2D eigenvalue weighted by Gasteiger charge is -2.02. The third-order valence-corrected chi connectivity index (χ3v) is 3.40. The second-order valence-electron chi connectivity index (χ2n) is 4.00. The summed E-state index contributed by atoms with van der Waals surface area (Å²) in [6, 6.07) is 1.86. The van der Waals surface area contributed by atoms with Gasteiger partial charge < -0.3 is 5.32 Å². The molecule has 0 aliphatic heterocycles. The molecule has 2 aromatic heterocycles. The molecule has 100 valence electrons. The lowest BCUT2D eigenvalue weighted by Crippen LogP contribution is -2.25. The molecule has 0 aliphatic carbocycles. The third kappa shape index (κ3) is 4.03. The maximum absolute atomic E-state index is 11.4. The van der Waals surface area contributed by atoms with Gasteiger partial charge in [0.2, 0.25) is 11.0 Å². The maximum Gasteiger partial charge on any atom is 0.220 e. The van der Waals surface area contributed by atoms with E-state index in [9.17, 15) is 4.79 Å². The first-order valence-electron chi connectivity index (χ1n) is 6.11. The van der Waals surface area contributed by atoms with Crippen LogP contribution in [0.15, 0.2) is 36.5 Å². The van der Waals surface area contributed by atoms with Crippen molar-refractivity contribution in [3.8, 4) is 5.13 Å². The quantitative estimate of drug-likeness (QED) is 0.786. The molecule has 1 amide bonds. The monoisotopic (exact) mass is 276 g/mol. The van der Waals surface area contributed by atoms with Crippen LogP contribution in [0.2, 0.25) is 0 Å². The van der Waals surface area contributed by atoms with Gasteiger partial charge in [0, 0.05) is 37.2 Å². The molecule has 0 saturated heterocycles. The van der Waals surface area contributed by atoms with Crippen LogP contribution in [0.5, 0.6) is 0 Å². The molecule has 5 nitrogen and oxygen atoms in total. The van der Waals surface area contributed by atoms with Crippen molar-refractivity contribution in [1.29, 1.82) is 0 Å².